The topological polar surface area (TPSA) is 107 Å². The van der Waals surface area contributed by atoms with E-state index in [1.807, 2.05) is 29.9 Å². The molecule has 3 N–H and O–H groups in total. The molecule has 0 aliphatic carbocycles. The van der Waals surface area contributed by atoms with E-state index in [9.17, 15) is 5.11 Å². The van der Waals surface area contributed by atoms with E-state index in [0.717, 1.165) is 65.6 Å². The monoisotopic (exact) mass is 438 g/mol. The summed E-state index contributed by atoms with van der Waals surface area (Å²) in [7, 11) is 0. The van der Waals surface area contributed by atoms with Gasteiger partial charge >= 0.3 is 0 Å². The number of aliphatic hydroxyl groups is 1. The van der Waals surface area contributed by atoms with Crippen molar-refractivity contribution in [1.29, 1.82) is 0 Å². The number of H-pyrrole nitrogens is 1. The molecule has 1 fully saturated rings. The first-order valence-electron chi connectivity index (χ1n) is 10.5. The number of anilines is 2. The lowest BCUT2D eigenvalue weighted by Gasteiger charge is -2.43. The molecule has 0 radical (unpaired) electrons. The summed E-state index contributed by atoms with van der Waals surface area (Å²) < 4.78 is 6.67. The number of hydrogen-bond acceptors (Lipinski definition) is 8. The van der Waals surface area contributed by atoms with Gasteiger partial charge in [0.1, 0.15) is 5.00 Å². The van der Waals surface area contributed by atoms with Gasteiger partial charge in [0.2, 0.25) is 0 Å². The van der Waals surface area contributed by atoms with Crippen LogP contribution in [-0.2, 0) is 6.54 Å². The van der Waals surface area contributed by atoms with Crippen molar-refractivity contribution in [3.05, 3.63) is 42.2 Å². The van der Waals surface area contributed by atoms with E-state index >= 15 is 0 Å². The second-order valence-corrected chi connectivity index (χ2v) is 9.20. The second kappa shape index (κ2) is 8.03. The van der Waals surface area contributed by atoms with E-state index in [1.54, 1.807) is 6.20 Å². The van der Waals surface area contributed by atoms with Crippen molar-refractivity contribution in [2.75, 3.05) is 18.5 Å². The van der Waals surface area contributed by atoms with Crippen LogP contribution in [0.2, 0.25) is 0 Å². The van der Waals surface area contributed by atoms with Crippen LogP contribution in [-0.4, -0.2) is 57.6 Å². The maximum Gasteiger partial charge on any atom is 0.180 e. The summed E-state index contributed by atoms with van der Waals surface area (Å²) in [5.74, 6) is 0.697. The molecule has 1 aliphatic heterocycles. The van der Waals surface area contributed by atoms with Gasteiger partial charge in [-0.15, -0.1) is 0 Å². The fourth-order valence-electron chi connectivity index (χ4n) is 4.24. The molecule has 0 bridgehead atoms. The van der Waals surface area contributed by atoms with Gasteiger partial charge in [0, 0.05) is 30.0 Å². The number of piperidine rings is 1. The minimum Gasteiger partial charge on any atom is -0.394 e. The van der Waals surface area contributed by atoms with E-state index in [4.69, 9.17) is 0 Å². The van der Waals surface area contributed by atoms with E-state index in [-0.39, 0.29) is 12.1 Å². The number of aryl methyl sites for hydroxylation is 1. The van der Waals surface area contributed by atoms with Crippen LogP contribution in [0.25, 0.3) is 16.9 Å². The molecule has 31 heavy (non-hydrogen) atoms. The van der Waals surface area contributed by atoms with E-state index < -0.39 is 0 Å². The summed E-state index contributed by atoms with van der Waals surface area (Å²) in [6.45, 7) is 6.00. The predicted molar refractivity (Wildman–Crippen MR) is 120 cm³/mol. The fraction of sp³-hybridized carbons (Fsp3) is 0.429. The molecule has 1 saturated heterocycles. The van der Waals surface area contributed by atoms with Crippen LogP contribution >= 0.6 is 11.5 Å². The Morgan fingerprint density at radius 3 is 3.03 bits per heavy atom. The number of aromatic nitrogens is 6. The van der Waals surface area contributed by atoms with Crippen molar-refractivity contribution in [2.45, 2.75) is 45.2 Å². The Hall–Kier alpha value is -2.82. The first-order chi connectivity index (χ1) is 15.1. The fourth-order valence-corrected chi connectivity index (χ4v) is 4.90. The Bertz CT molecular complexity index is 1180. The van der Waals surface area contributed by atoms with Gasteiger partial charge in [-0.05, 0) is 50.8 Å². The molecule has 4 aromatic heterocycles. The van der Waals surface area contributed by atoms with Crippen LogP contribution in [0.3, 0.4) is 0 Å². The number of nitrogens with zero attached hydrogens (tertiary/aromatic N) is 6. The largest absolute Gasteiger partial charge is 0.394 e. The number of likely N-dealkylation sites (tertiary alicyclic amines) is 1. The van der Waals surface area contributed by atoms with Crippen molar-refractivity contribution in [2.24, 2.45) is 0 Å². The summed E-state index contributed by atoms with van der Waals surface area (Å²) in [6, 6.07) is 2.07. The molecule has 4 aromatic rings. The zero-order valence-corrected chi connectivity index (χ0v) is 18.5. The van der Waals surface area contributed by atoms with Gasteiger partial charge in [0.15, 0.2) is 11.5 Å². The van der Waals surface area contributed by atoms with Gasteiger partial charge in [-0.25, -0.2) is 9.97 Å². The first-order valence-corrected chi connectivity index (χ1v) is 11.3. The molecule has 0 saturated carbocycles. The molecule has 10 heteroatoms. The molecule has 1 unspecified atom stereocenters. The minimum absolute atomic E-state index is 0.168. The standard InChI is InChI=1S/C21H26N8OS/c1-14-11-29-17(15-8-23-24-9-15)10-22-20(29)19(25-14)26-18-7-16(27-31-18)12-28-6-4-3-5-21(28,2)13-30/h7-11,30H,3-6,12-13H2,1-2H3,(H,23,24)(H,25,26). The van der Waals surface area contributed by atoms with Crippen LogP contribution in [0.15, 0.2) is 30.9 Å². The first kappa shape index (κ1) is 20.1. The third-order valence-corrected chi connectivity index (χ3v) is 6.80. The van der Waals surface area contributed by atoms with E-state index in [0.29, 0.717) is 5.82 Å². The number of rotatable bonds is 6. The van der Waals surface area contributed by atoms with Gasteiger partial charge in [-0.1, -0.05) is 6.42 Å². The van der Waals surface area contributed by atoms with Crippen LogP contribution in [0.5, 0.6) is 0 Å². The SMILES string of the molecule is Cc1cn2c(-c3cn[nH]c3)cnc2c(Nc2cc(CN3CCCCC3(C)CO)ns2)n1. The molecule has 9 nitrogen and oxygen atoms in total. The molecule has 5 heterocycles. The van der Waals surface area contributed by atoms with Crippen molar-refractivity contribution in [1.82, 2.24) is 33.8 Å². The van der Waals surface area contributed by atoms with Crippen LogP contribution in [0.1, 0.15) is 37.6 Å². The van der Waals surface area contributed by atoms with Crippen LogP contribution < -0.4 is 5.32 Å². The summed E-state index contributed by atoms with van der Waals surface area (Å²) in [5.41, 5.74) is 4.39. The number of aliphatic hydroxyl groups excluding tert-OH is 1. The molecule has 1 atom stereocenters. The summed E-state index contributed by atoms with van der Waals surface area (Å²) in [4.78, 5) is 11.6. The molecule has 0 spiro atoms. The normalized spacial score (nSPS) is 19.8. The Kier molecular flexibility index (Phi) is 5.20. The number of fused-ring (bicyclic) bond motifs is 1. The van der Waals surface area contributed by atoms with Gasteiger partial charge in [-0.3, -0.25) is 14.4 Å². The zero-order valence-electron chi connectivity index (χ0n) is 17.7. The average Bonchev–Trinajstić information content (AvgIpc) is 3.50. The third kappa shape index (κ3) is 3.82. The zero-order chi connectivity index (χ0) is 21.4. The Balaban J connectivity index is 1.39. The highest BCUT2D eigenvalue weighted by Gasteiger charge is 2.34. The van der Waals surface area contributed by atoms with E-state index in [1.165, 1.54) is 11.5 Å². The van der Waals surface area contributed by atoms with Gasteiger partial charge in [-0.2, -0.15) is 9.47 Å². The van der Waals surface area contributed by atoms with Crippen molar-refractivity contribution >= 4 is 28.0 Å². The number of imidazole rings is 1. The highest BCUT2D eigenvalue weighted by molar-refractivity contribution is 7.10. The second-order valence-electron chi connectivity index (χ2n) is 8.40. The molecule has 162 valence electrons. The number of nitrogens with one attached hydrogen (secondary N) is 2. The van der Waals surface area contributed by atoms with Crippen molar-refractivity contribution < 1.29 is 5.11 Å². The number of aromatic amines is 1. The summed E-state index contributed by atoms with van der Waals surface area (Å²) >= 11 is 1.42. The highest BCUT2D eigenvalue weighted by atomic mass is 32.1. The van der Waals surface area contributed by atoms with Crippen LogP contribution in [0, 0.1) is 6.92 Å². The molecular formula is C21H26N8OS. The molecule has 5 rings (SSSR count). The average molecular weight is 439 g/mol. The van der Waals surface area contributed by atoms with Crippen LogP contribution in [0.4, 0.5) is 10.8 Å². The molecule has 1 aliphatic rings. The lowest BCUT2D eigenvalue weighted by Crippen LogP contribution is -2.51. The predicted octanol–water partition coefficient (Wildman–Crippen LogP) is 3.36. The molecule has 0 amide bonds. The Morgan fingerprint density at radius 2 is 2.23 bits per heavy atom. The minimum atomic E-state index is -0.168. The van der Waals surface area contributed by atoms with Gasteiger partial charge < -0.3 is 10.4 Å². The Labute approximate surface area is 184 Å². The maximum absolute atomic E-state index is 9.90. The van der Waals surface area contributed by atoms with Crippen molar-refractivity contribution in [3.8, 4) is 11.3 Å². The smallest absolute Gasteiger partial charge is 0.180 e. The lowest BCUT2D eigenvalue weighted by atomic mass is 9.89. The molecule has 0 aromatic carbocycles. The van der Waals surface area contributed by atoms with Crippen molar-refractivity contribution in [3.63, 3.8) is 0 Å². The summed E-state index contributed by atoms with van der Waals surface area (Å²) in [6.07, 6.45) is 10.8. The highest BCUT2D eigenvalue weighted by Crippen LogP contribution is 2.31. The maximum atomic E-state index is 9.90. The molecular weight excluding hydrogens is 412 g/mol. The van der Waals surface area contributed by atoms with Gasteiger partial charge in [0.05, 0.1) is 36.1 Å². The Morgan fingerprint density at radius 1 is 1.32 bits per heavy atom. The van der Waals surface area contributed by atoms with E-state index in [2.05, 4.69) is 47.7 Å². The quantitative estimate of drug-likeness (QED) is 0.424. The summed E-state index contributed by atoms with van der Waals surface area (Å²) in [5, 5.41) is 21.1. The third-order valence-electron chi connectivity index (χ3n) is 6.06. The lowest BCUT2D eigenvalue weighted by molar-refractivity contribution is 0.00571. The number of hydrogen-bond donors (Lipinski definition) is 3. The van der Waals surface area contributed by atoms with Gasteiger partial charge in [0.25, 0.3) is 0 Å².